The van der Waals surface area contributed by atoms with Gasteiger partial charge in [0.1, 0.15) is 0 Å². The van der Waals surface area contributed by atoms with Crippen molar-refractivity contribution in [3.05, 3.63) is 47.0 Å². The van der Waals surface area contributed by atoms with Crippen LogP contribution in [0.2, 0.25) is 0 Å². The Morgan fingerprint density at radius 1 is 1.39 bits per heavy atom. The molecule has 1 N–H and O–H groups in total. The molecule has 5 nitrogen and oxygen atoms in total. The van der Waals surface area contributed by atoms with Crippen LogP contribution in [0.15, 0.2) is 24.5 Å². The molecule has 124 valence electrons. The molecule has 1 amide bonds. The zero-order chi connectivity index (χ0) is 17.2. The van der Waals surface area contributed by atoms with E-state index in [0.717, 1.165) is 0 Å². The standard InChI is InChI=1S/C15H17F3N4O/c1-9(2)22-10(3)12(13(21-22)15(16,17)18)14(23)20-8-11-5-4-6-19-7-11/h4-7,9H,8H2,1-3H3,(H,20,23). The summed E-state index contributed by atoms with van der Waals surface area (Å²) in [5.74, 6) is -0.800. The number of rotatable bonds is 4. The summed E-state index contributed by atoms with van der Waals surface area (Å²) in [4.78, 5) is 16.1. The minimum atomic E-state index is -4.69. The highest BCUT2D eigenvalue weighted by Gasteiger charge is 2.40. The molecule has 0 saturated heterocycles. The van der Waals surface area contributed by atoms with Gasteiger partial charge in [0.05, 0.1) is 5.56 Å². The van der Waals surface area contributed by atoms with Gasteiger partial charge in [-0.3, -0.25) is 14.5 Å². The molecule has 0 saturated carbocycles. The van der Waals surface area contributed by atoms with Crippen molar-refractivity contribution >= 4 is 5.91 Å². The molecule has 0 atom stereocenters. The number of alkyl halides is 3. The normalized spacial score (nSPS) is 11.8. The largest absolute Gasteiger partial charge is 0.435 e. The van der Waals surface area contributed by atoms with Crippen LogP contribution in [-0.4, -0.2) is 20.7 Å². The Kier molecular flexibility index (Phi) is 4.72. The minimum Gasteiger partial charge on any atom is -0.348 e. The number of hydrogen-bond acceptors (Lipinski definition) is 3. The van der Waals surface area contributed by atoms with Crippen molar-refractivity contribution in [3.63, 3.8) is 0 Å². The summed E-state index contributed by atoms with van der Waals surface area (Å²) < 4.78 is 40.7. The molecule has 2 aromatic rings. The third-order valence-corrected chi connectivity index (χ3v) is 3.31. The smallest absolute Gasteiger partial charge is 0.348 e. The molecule has 0 radical (unpaired) electrons. The Hall–Kier alpha value is -2.38. The first-order valence-corrected chi connectivity index (χ1v) is 7.05. The topological polar surface area (TPSA) is 59.8 Å². The molecular weight excluding hydrogens is 309 g/mol. The maximum absolute atomic E-state index is 13.2. The van der Waals surface area contributed by atoms with E-state index < -0.39 is 23.3 Å². The van der Waals surface area contributed by atoms with E-state index >= 15 is 0 Å². The number of aromatic nitrogens is 3. The van der Waals surface area contributed by atoms with E-state index in [0.29, 0.717) is 5.56 Å². The van der Waals surface area contributed by atoms with Crippen LogP contribution in [0.25, 0.3) is 0 Å². The van der Waals surface area contributed by atoms with E-state index in [1.807, 2.05) is 0 Å². The van der Waals surface area contributed by atoms with Gasteiger partial charge in [-0.15, -0.1) is 0 Å². The molecule has 2 aromatic heterocycles. The van der Waals surface area contributed by atoms with Gasteiger partial charge >= 0.3 is 6.18 Å². The van der Waals surface area contributed by atoms with Crippen molar-refractivity contribution in [1.82, 2.24) is 20.1 Å². The van der Waals surface area contributed by atoms with Crippen molar-refractivity contribution in [2.45, 2.75) is 39.5 Å². The van der Waals surface area contributed by atoms with Crippen LogP contribution in [-0.2, 0) is 12.7 Å². The van der Waals surface area contributed by atoms with Crippen molar-refractivity contribution in [1.29, 1.82) is 0 Å². The molecule has 8 heteroatoms. The summed E-state index contributed by atoms with van der Waals surface area (Å²) in [6, 6.07) is 3.13. The van der Waals surface area contributed by atoms with Gasteiger partial charge in [0.15, 0.2) is 5.69 Å². The number of pyridine rings is 1. The number of carbonyl (C=O) groups is 1. The van der Waals surface area contributed by atoms with Gasteiger partial charge in [-0.05, 0) is 32.4 Å². The van der Waals surface area contributed by atoms with Crippen molar-refractivity contribution in [3.8, 4) is 0 Å². The molecule has 23 heavy (non-hydrogen) atoms. The lowest BCUT2D eigenvalue weighted by molar-refractivity contribution is -0.141. The van der Waals surface area contributed by atoms with Crippen molar-refractivity contribution in [2.75, 3.05) is 0 Å². The first kappa shape index (κ1) is 17.0. The molecule has 0 aliphatic heterocycles. The van der Waals surface area contributed by atoms with Gasteiger partial charge in [-0.1, -0.05) is 6.07 Å². The molecule has 0 aliphatic rings. The summed E-state index contributed by atoms with van der Waals surface area (Å²) in [5.41, 5.74) is -0.707. The molecule has 2 rings (SSSR count). The zero-order valence-corrected chi connectivity index (χ0v) is 13.0. The summed E-state index contributed by atoms with van der Waals surface area (Å²) >= 11 is 0. The Morgan fingerprint density at radius 3 is 2.61 bits per heavy atom. The predicted octanol–water partition coefficient (Wildman–Crippen LogP) is 3.12. The van der Waals surface area contributed by atoms with Crippen LogP contribution in [0, 0.1) is 6.92 Å². The van der Waals surface area contributed by atoms with E-state index in [-0.39, 0.29) is 18.3 Å². The third-order valence-electron chi connectivity index (χ3n) is 3.31. The Morgan fingerprint density at radius 2 is 2.09 bits per heavy atom. The zero-order valence-electron chi connectivity index (χ0n) is 13.0. The summed E-state index contributed by atoms with van der Waals surface area (Å²) in [7, 11) is 0. The van der Waals surface area contributed by atoms with Gasteiger partial charge in [0, 0.05) is 30.7 Å². The summed E-state index contributed by atoms with van der Waals surface area (Å²) in [6.07, 6.45) is -1.58. The van der Waals surface area contributed by atoms with E-state index in [2.05, 4.69) is 15.4 Å². The van der Waals surface area contributed by atoms with Crippen LogP contribution < -0.4 is 5.32 Å². The molecule has 0 aromatic carbocycles. The highest BCUT2D eigenvalue weighted by Crippen LogP contribution is 2.33. The van der Waals surface area contributed by atoms with Crippen LogP contribution >= 0.6 is 0 Å². The van der Waals surface area contributed by atoms with Gasteiger partial charge in [0.2, 0.25) is 0 Å². The van der Waals surface area contributed by atoms with Gasteiger partial charge in [-0.25, -0.2) is 0 Å². The molecule has 0 bridgehead atoms. The number of nitrogens with one attached hydrogen (secondary N) is 1. The lowest BCUT2D eigenvalue weighted by Gasteiger charge is -2.09. The van der Waals surface area contributed by atoms with E-state index in [4.69, 9.17) is 0 Å². The van der Waals surface area contributed by atoms with Gasteiger partial charge < -0.3 is 5.32 Å². The average molecular weight is 326 g/mol. The average Bonchev–Trinajstić information content (AvgIpc) is 2.84. The van der Waals surface area contributed by atoms with Gasteiger partial charge in [-0.2, -0.15) is 18.3 Å². The van der Waals surface area contributed by atoms with E-state index in [9.17, 15) is 18.0 Å². The SMILES string of the molecule is Cc1c(C(=O)NCc2cccnc2)c(C(F)(F)F)nn1C(C)C. The molecule has 2 heterocycles. The maximum Gasteiger partial charge on any atom is 0.435 e. The fourth-order valence-electron chi connectivity index (χ4n) is 2.27. The first-order valence-electron chi connectivity index (χ1n) is 7.05. The second kappa shape index (κ2) is 6.39. The molecule has 0 fully saturated rings. The number of nitrogens with zero attached hydrogens (tertiary/aromatic N) is 3. The number of amides is 1. The van der Waals surface area contributed by atoms with Gasteiger partial charge in [0.25, 0.3) is 5.91 Å². The first-order chi connectivity index (χ1) is 10.7. The Balaban J connectivity index is 2.31. The lowest BCUT2D eigenvalue weighted by Crippen LogP contribution is -2.26. The monoisotopic (exact) mass is 326 g/mol. The summed E-state index contributed by atoms with van der Waals surface area (Å²) in [6.45, 7) is 4.96. The quantitative estimate of drug-likeness (QED) is 0.939. The van der Waals surface area contributed by atoms with Crippen molar-refractivity contribution in [2.24, 2.45) is 0 Å². The molecule has 0 aliphatic carbocycles. The van der Waals surface area contributed by atoms with E-state index in [1.165, 1.54) is 17.8 Å². The number of halogens is 3. The number of carbonyl (C=O) groups excluding carboxylic acids is 1. The highest BCUT2D eigenvalue weighted by molar-refractivity contribution is 5.96. The fraction of sp³-hybridized carbons (Fsp3) is 0.400. The second-order valence-electron chi connectivity index (χ2n) is 5.39. The molecule has 0 spiro atoms. The maximum atomic E-state index is 13.2. The van der Waals surface area contributed by atoms with Crippen LogP contribution in [0.4, 0.5) is 13.2 Å². The lowest BCUT2D eigenvalue weighted by atomic mass is 10.1. The van der Waals surface area contributed by atoms with Crippen LogP contribution in [0.5, 0.6) is 0 Å². The predicted molar refractivity (Wildman–Crippen MR) is 77.8 cm³/mol. The second-order valence-corrected chi connectivity index (χ2v) is 5.39. The third kappa shape index (κ3) is 3.69. The minimum absolute atomic E-state index is 0.0935. The van der Waals surface area contributed by atoms with Crippen LogP contribution in [0.1, 0.15) is 47.2 Å². The number of hydrogen-bond donors (Lipinski definition) is 1. The highest BCUT2D eigenvalue weighted by atomic mass is 19.4. The fourth-order valence-corrected chi connectivity index (χ4v) is 2.27. The van der Waals surface area contributed by atoms with Crippen LogP contribution in [0.3, 0.4) is 0 Å². The Bertz CT molecular complexity index is 693. The summed E-state index contributed by atoms with van der Waals surface area (Å²) in [5, 5.41) is 6.06. The molecular formula is C15H17F3N4O. The van der Waals surface area contributed by atoms with Crippen molar-refractivity contribution < 1.29 is 18.0 Å². The molecule has 0 unspecified atom stereocenters. The van der Waals surface area contributed by atoms with E-state index in [1.54, 1.807) is 32.2 Å². The Labute approximate surface area is 131 Å².